The third-order valence-electron chi connectivity index (χ3n) is 4.63. The first kappa shape index (κ1) is 20.7. The molecule has 0 saturated heterocycles. The lowest BCUT2D eigenvalue weighted by molar-refractivity contribution is -0.139. The lowest BCUT2D eigenvalue weighted by atomic mass is 10.1. The van der Waals surface area contributed by atoms with Gasteiger partial charge in [0.05, 0.1) is 0 Å². The van der Waals surface area contributed by atoms with Gasteiger partial charge in [-0.05, 0) is 43.9 Å². The van der Waals surface area contributed by atoms with Crippen molar-refractivity contribution >= 4 is 17.8 Å². The summed E-state index contributed by atoms with van der Waals surface area (Å²) in [7, 11) is 0. The van der Waals surface area contributed by atoms with Gasteiger partial charge in [-0.2, -0.15) is 0 Å². The first-order valence-corrected chi connectivity index (χ1v) is 9.44. The molecule has 1 saturated carbocycles. The highest BCUT2D eigenvalue weighted by molar-refractivity contribution is 5.81. The molecule has 2 amide bonds. The second kappa shape index (κ2) is 10.5. The highest BCUT2D eigenvalue weighted by atomic mass is 16.5. The molecule has 1 aliphatic rings. The van der Waals surface area contributed by atoms with Crippen LogP contribution in [0.2, 0.25) is 0 Å². The van der Waals surface area contributed by atoms with Crippen molar-refractivity contribution in [2.75, 3.05) is 13.2 Å². The molecule has 0 aromatic heterocycles. The Kier molecular flexibility index (Phi) is 8.10. The highest BCUT2D eigenvalue weighted by Gasteiger charge is 2.24. The number of hydrogen-bond donors (Lipinski definition) is 3. The smallest absolute Gasteiger partial charge is 0.341 e. The molecule has 27 heavy (non-hydrogen) atoms. The molecule has 3 N–H and O–H groups in total. The van der Waals surface area contributed by atoms with Crippen LogP contribution in [0.25, 0.3) is 0 Å². The fraction of sp³-hybridized carbons (Fsp3) is 0.550. The van der Waals surface area contributed by atoms with Gasteiger partial charge in [-0.3, -0.25) is 9.59 Å². The van der Waals surface area contributed by atoms with Crippen LogP contribution in [0.5, 0.6) is 5.75 Å². The van der Waals surface area contributed by atoms with Crippen molar-refractivity contribution in [3.8, 4) is 5.75 Å². The summed E-state index contributed by atoms with van der Waals surface area (Å²) in [6.45, 7) is 1.98. The molecule has 1 aromatic rings. The van der Waals surface area contributed by atoms with E-state index in [-0.39, 0.29) is 36.8 Å². The van der Waals surface area contributed by atoms with Gasteiger partial charge in [0.2, 0.25) is 11.8 Å². The Morgan fingerprint density at radius 3 is 2.48 bits per heavy atom. The first-order chi connectivity index (χ1) is 12.9. The van der Waals surface area contributed by atoms with E-state index in [2.05, 4.69) is 10.6 Å². The van der Waals surface area contributed by atoms with E-state index < -0.39 is 5.97 Å². The average molecular weight is 376 g/mol. The van der Waals surface area contributed by atoms with E-state index >= 15 is 0 Å². The second-order valence-corrected chi connectivity index (χ2v) is 7.02. The van der Waals surface area contributed by atoms with Crippen LogP contribution in [0.3, 0.4) is 0 Å². The third-order valence-corrected chi connectivity index (χ3v) is 4.63. The molecule has 2 rings (SSSR count). The van der Waals surface area contributed by atoms with Crippen LogP contribution in [-0.4, -0.2) is 42.1 Å². The van der Waals surface area contributed by atoms with Crippen LogP contribution >= 0.6 is 0 Å². The van der Waals surface area contributed by atoms with Crippen LogP contribution in [-0.2, 0) is 20.8 Å². The molecule has 148 valence electrons. The molecule has 0 aliphatic heterocycles. The molecule has 0 spiro atoms. The summed E-state index contributed by atoms with van der Waals surface area (Å²) in [5, 5.41) is 14.4. The molecule has 1 unspecified atom stereocenters. The van der Waals surface area contributed by atoms with E-state index in [0.29, 0.717) is 18.7 Å². The van der Waals surface area contributed by atoms with E-state index in [1.807, 2.05) is 19.1 Å². The molecule has 0 radical (unpaired) electrons. The summed E-state index contributed by atoms with van der Waals surface area (Å²) < 4.78 is 5.07. The number of nitrogens with one attached hydrogen (secondary N) is 2. The van der Waals surface area contributed by atoms with E-state index in [1.54, 1.807) is 12.1 Å². The monoisotopic (exact) mass is 376 g/mol. The van der Waals surface area contributed by atoms with Crippen molar-refractivity contribution in [3.05, 3.63) is 29.8 Å². The maximum atomic E-state index is 12.1. The minimum atomic E-state index is -1.02. The number of ether oxygens (including phenoxy) is 1. The molecule has 1 atom stereocenters. The first-order valence-electron chi connectivity index (χ1n) is 9.44. The largest absolute Gasteiger partial charge is 0.482 e. The van der Waals surface area contributed by atoms with Crippen LogP contribution < -0.4 is 15.4 Å². The fourth-order valence-electron chi connectivity index (χ4n) is 3.19. The van der Waals surface area contributed by atoms with Gasteiger partial charge in [0.1, 0.15) is 5.75 Å². The Morgan fingerprint density at radius 1 is 1.19 bits per heavy atom. The van der Waals surface area contributed by atoms with Gasteiger partial charge >= 0.3 is 5.97 Å². The lowest BCUT2D eigenvalue weighted by Crippen LogP contribution is -2.40. The third kappa shape index (κ3) is 7.68. The van der Waals surface area contributed by atoms with Crippen LogP contribution in [0.15, 0.2) is 24.3 Å². The molecule has 7 nitrogen and oxygen atoms in total. The zero-order valence-corrected chi connectivity index (χ0v) is 15.7. The van der Waals surface area contributed by atoms with E-state index in [1.165, 1.54) is 0 Å². The zero-order valence-electron chi connectivity index (χ0n) is 15.7. The van der Waals surface area contributed by atoms with Crippen LogP contribution in [0.1, 0.15) is 44.6 Å². The van der Waals surface area contributed by atoms with E-state index in [4.69, 9.17) is 9.84 Å². The van der Waals surface area contributed by atoms with Gasteiger partial charge in [-0.15, -0.1) is 0 Å². The van der Waals surface area contributed by atoms with Crippen molar-refractivity contribution in [1.82, 2.24) is 10.6 Å². The normalized spacial score (nSPS) is 15.1. The molecule has 1 aromatic carbocycles. The van der Waals surface area contributed by atoms with Gasteiger partial charge in [0, 0.05) is 24.9 Å². The number of carbonyl (C=O) groups excluding carboxylic acids is 2. The van der Waals surface area contributed by atoms with Gasteiger partial charge in [0.15, 0.2) is 6.61 Å². The number of aliphatic carboxylic acids is 1. The minimum Gasteiger partial charge on any atom is -0.482 e. The van der Waals surface area contributed by atoms with Crippen LogP contribution in [0.4, 0.5) is 0 Å². The fourth-order valence-corrected chi connectivity index (χ4v) is 3.19. The SMILES string of the molecule is CC(CC(=O)NCCc1ccc(OCC(=O)O)cc1)NC(=O)C1CCCC1. The van der Waals surface area contributed by atoms with Gasteiger partial charge in [0.25, 0.3) is 0 Å². The predicted molar refractivity (Wildman–Crippen MR) is 100 cm³/mol. The Labute approximate surface area is 159 Å². The standard InChI is InChI=1S/C20H28N2O5/c1-14(22-20(26)16-4-2-3-5-16)12-18(23)21-11-10-15-6-8-17(9-7-15)27-13-19(24)25/h6-9,14,16H,2-5,10-13H2,1H3,(H,21,23)(H,22,26)(H,24,25). The summed E-state index contributed by atoms with van der Waals surface area (Å²) >= 11 is 0. The molecule has 0 heterocycles. The predicted octanol–water partition coefficient (Wildman–Crippen LogP) is 1.89. The summed E-state index contributed by atoms with van der Waals surface area (Å²) in [5.74, 6) is -0.431. The Bertz CT molecular complexity index is 638. The lowest BCUT2D eigenvalue weighted by Gasteiger charge is -2.16. The average Bonchev–Trinajstić information content (AvgIpc) is 3.15. The number of carbonyl (C=O) groups is 3. The molecule has 1 fully saturated rings. The highest BCUT2D eigenvalue weighted by Crippen LogP contribution is 2.24. The minimum absolute atomic E-state index is 0.0676. The molecule has 0 bridgehead atoms. The second-order valence-electron chi connectivity index (χ2n) is 7.02. The summed E-state index contributed by atoms with van der Waals surface area (Å²) in [4.78, 5) is 34.5. The number of carboxylic acids is 1. The molecular weight excluding hydrogens is 348 g/mol. The van der Waals surface area contributed by atoms with Crippen molar-refractivity contribution in [2.24, 2.45) is 5.92 Å². The number of hydrogen-bond acceptors (Lipinski definition) is 4. The zero-order chi connectivity index (χ0) is 19.6. The van der Waals surface area contributed by atoms with E-state index in [9.17, 15) is 14.4 Å². The Hall–Kier alpha value is -2.57. The quantitative estimate of drug-likeness (QED) is 0.578. The van der Waals surface area contributed by atoms with Gasteiger partial charge in [-0.25, -0.2) is 4.79 Å². The topological polar surface area (TPSA) is 105 Å². The number of benzene rings is 1. The van der Waals surface area contributed by atoms with E-state index in [0.717, 1.165) is 31.2 Å². The summed E-state index contributed by atoms with van der Waals surface area (Å²) in [6, 6.07) is 6.92. The number of carboxylic acid groups (broad SMARTS) is 1. The number of amides is 2. The van der Waals surface area contributed by atoms with Crippen molar-refractivity contribution in [2.45, 2.75) is 51.5 Å². The summed E-state index contributed by atoms with van der Waals surface area (Å²) in [5.41, 5.74) is 1.01. The number of rotatable bonds is 10. The van der Waals surface area contributed by atoms with Gasteiger partial charge < -0.3 is 20.5 Å². The van der Waals surface area contributed by atoms with Crippen molar-refractivity contribution in [3.63, 3.8) is 0 Å². The van der Waals surface area contributed by atoms with Crippen molar-refractivity contribution < 1.29 is 24.2 Å². The molecular formula is C20H28N2O5. The maximum absolute atomic E-state index is 12.1. The maximum Gasteiger partial charge on any atom is 0.341 e. The molecule has 7 heteroatoms. The Balaban J connectivity index is 1.63. The van der Waals surface area contributed by atoms with Gasteiger partial charge in [-0.1, -0.05) is 25.0 Å². The summed E-state index contributed by atoms with van der Waals surface area (Å²) in [6.07, 6.45) is 5.04. The molecule has 1 aliphatic carbocycles. The van der Waals surface area contributed by atoms with Crippen molar-refractivity contribution in [1.29, 1.82) is 0 Å². The van der Waals surface area contributed by atoms with Crippen LogP contribution in [0, 0.1) is 5.92 Å². The Morgan fingerprint density at radius 2 is 1.85 bits per heavy atom.